The number of rotatable bonds is 7. The molecule has 1 aromatic rings. The summed E-state index contributed by atoms with van der Waals surface area (Å²) in [5, 5.41) is 6.78. The number of allylic oxidation sites excluding steroid dienone is 5. The van der Waals surface area contributed by atoms with Crippen LogP contribution in [-0.2, 0) is 12.8 Å². The molecule has 1 aliphatic heterocycles. The van der Waals surface area contributed by atoms with E-state index in [1.807, 2.05) is 32.3 Å². The third-order valence-electron chi connectivity index (χ3n) is 5.91. The van der Waals surface area contributed by atoms with Gasteiger partial charge in [0, 0.05) is 50.5 Å². The van der Waals surface area contributed by atoms with E-state index in [1.165, 1.54) is 59.2 Å². The Hall–Kier alpha value is -3.34. The number of aryl methyl sites for hydroxylation is 2. The van der Waals surface area contributed by atoms with E-state index in [0.29, 0.717) is 0 Å². The van der Waals surface area contributed by atoms with Crippen molar-refractivity contribution in [2.24, 2.45) is 21.6 Å². The zero-order valence-electron chi connectivity index (χ0n) is 20.2. The Kier molecular flexibility index (Phi) is 8.47. The first-order valence-electron chi connectivity index (χ1n) is 11.7. The molecule has 0 spiro atoms. The molecule has 4 rings (SSSR count). The van der Waals surface area contributed by atoms with Gasteiger partial charge in [0.1, 0.15) is 0 Å². The van der Waals surface area contributed by atoms with Gasteiger partial charge in [0.15, 0.2) is 0 Å². The molecule has 33 heavy (non-hydrogen) atoms. The summed E-state index contributed by atoms with van der Waals surface area (Å²) in [6.07, 6.45) is 17.6. The first-order valence-corrected chi connectivity index (χ1v) is 11.7. The molecule has 178 valence electrons. The van der Waals surface area contributed by atoms with E-state index in [9.17, 15) is 0 Å². The minimum atomic E-state index is 0. The van der Waals surface area contributed by atoms with Crippen molar-refractivity contribution in [3.05, 3.63) is 82.6 Å². The van der Waals surface area contributed by atoms with Crippen LogP contribution in [0.15, 0.2) is 70.3 Å². The molecule has 0 atom stereocenters. The van der Waals surface area contributed by atoms with Crippen LogP contribution in [0.25, 0.3) is 5.57 Å². The Labute approximate surface area is 201 Å². The second-order valence-electron chi connectivity index (χ2n) is 9.03. The Morgan fingerprint density at radius 1 is 1.30 bits per heavy atom. The van der Waals surface area contributed by atoms with Gasteiger partial charge >= 0.3 is 0 Å². The van der Waals surface area contributed by atoms with Crippen molar-refractivity contribution in [2.45, 2.75) is 52.9 Å². The average Bonchev–Trinajstić information content (AvgIpc) is 3.49. The van der Waals surface area contributed by atoms with Gasteiger partial charge in [-0.05, 0) is 100 Å². The quantitative estimate of drug-likeness (QED) is 0.430. The molecule has 2 aliphatic carbocycles. The molecule has 5 nitrogen and oxygen atoms in total. The predicted octanol–water partition coefficient (Wildman–Crippen LogP) is 6.29. The highest BCUT2D eigenvalue weighted by Gasteiger charge is 2.22. The lowest BCUT2D eigenvalue weighted by Crippen LogP contribution is -2.10. The summed E-state index contributed by atoms with van der Waals surface area (Å²) in [5.74, 6) is 0.877. The molecule has 0 unspecified atom stereocenters. The Morgan fingerprint density at radius 2 is 2.09 bits per heavy atom. The molecule has 0 bridgehead atoms. The maximum absolute atomic E-state index is 5.25. The molecule has 1 aromatic carbocycles. The van der Waals surface area contributed by atoms with Gasteiger partial charge in [-0.2, -0.15) is 0 Å². The summed E-state index contributed by atoms with van der Waals surface area (Å²) in [6, 6.07) is 2.34. The third-order valence-corrected chi connectivity index (χ3v) is 5.91. The highest BCUT2D eigenvalue weighted by atomic mass is 14.9. The third kappa shape index (κ3) is 6.82. The van der Waals surface area contributed by atoms with Crippen molar-refractivity contribution in [2.75, 3.05) is 11.9 Å². The van der Waals surface area contributed by atoms with Crippen molar-refractivity contribution in [1.82, 2.24) is 5.32 Å². The van der Waals surface area contributed by atoms with Gasteiger partial charge in [-0.3, -0.25) is 9.98 Å². The second-order valence-corrected chi connectivity index (χ2v) is 9.03. The largest absolute Gasteiger partial charge is 0.404 e. The number of nitrogens with two attached hydrogens (primary N) is 1. The van der Waals surface area contributed by atoms with E-state index in [1.54, 1.807) is 12.4 Å². The van der Waals surface area contributed by atoms with Gasteiger partial charge < -0.3 is 16.4 Å². The molecule has 0 amide bonds. The first kappa shape index (κ1) is 24.3. The SMILES string of the molecule is C/C(C=NCC1CC1)=C/N.C=N/C=C1/C=CC(c2c(C)cc3c(c2NC(=C)C)CCC3)=CN1.[HH].[HH]. The fraction of sp³-hybridized carbons (Fsp3) is 0.357. The van der Waals surface area contributed by atoms with E-state index in [0.717, 1.165) is 35.9 Å². The van der Waals surface area contributed by atoms with Crippen LogP contribution in [-0.4, -0.2) is 19.5 Å². The smallest absolute Gasteiger partial charge is 0.0565 e. The molecule has 3 aliphatic rings. The van der Waals surface area contributed by atoms with Crippen LogP contribution < -0.4 is 16.4 Å². The maximum atomic E-state index is 5.25. The van der Waals surface area contributed by atoms with E-state index >= 15 is 0 Å². The number of fused-ring (bicyclic) bond motifs is 1. The Bertz CT molecular complexity index is 1060. The fourth-order valence-electron chi connectivity index (χ4n) is 4.08. The van der Waals surface area contributed by atoms with Crippen LogP contribution in [0.3, 0.4) is 0 Å². The van der Waals surface area contributed by atoms with Gasteiger partial charge in [0.25, 0.3) is 0 Å². The van der Waals surface area contributed by atoms with Gasteiger partial charge in [0.2, 0.25) is 0 Å². The maximum Gasteiger partial charge on any atom is 0.0565 e. The zero-order valence-corrected chi connectivity index (χ0v) is 20.2. The zero-order chi connectivity index (χ0) is 23.8. The lowest BCUT2D eigenvalue weighted by molar-refractivity contribution is 0.851. The number of aliphatic imine (C=N–C) groups is 2. The number of nitrogens with one attached hydrogen (secondary N) is 2. The summed E-state index contributed by atoms with van der Waals surface area (Å²) >= 11 is 0. The summed E-state index contributed by atoms with van der Waals surface area (Å²) in [4.78, 5) is 8.03. The second kappa shape index (κ2) is 11.5. The van der Waals surface area contributed by atoms with E-state index in [4.69, 9.17) is 5.73 Å². The van der Waals surface area contributed by atoms with Gasteiger partial charge in [-0.1, -0.05) is 18.7 Å². The summed E-state index contributed by atoms with van der Waals surface area (Å²) < 4.78 is 0. The van der Waals surface area contributed by atoms with Crippen molar-refractivity contribution in [3.8, 4) is 0 Å². The summed E-state index contributed by atoms with van der Waals surface area (Å²) in [6.45, 7) is 14.7. The molecule has 0 aromatic heterocycles. The number of anilines is 1. The van der Waals surface area contributed by atoms with Gasteiger partial charge in [0.05, 0.1) is 5.70 Å². The van der Waals surface area contributed by atoms with Crippen molar-refractivity contribution in [3.63, 3.8) is 0 Å². The number of hydrogen-bond acceptors (Lipinski definition) is 5. The normalized spacial score (nSPS) is 18.3. The summed E-state index contributed by atoms with van der Waals surface area (Å²) in [5.41, 5.74) is 16.1. The summed E-state index contributed by atoms with van der Waals surface area (Å²) in [7, 11) is 0. The predicted molar refractivity (Wildman–Crippen MR) is 148 cm³/mol. The number of benzene rings is 1. The lowest BCUT2D eigenvalue weighted by atomic mass is 9.92. The van der Waals surface area contributed by atoms with E-state index in [2.05, 4.69) is 53.0 Å². The van der Waals surface area contributed by atoms with Crippen LogP contribution in [0.4, 0.5) is 5.69 Å². The lowest BCUT2D eigenvalue weighted by Gasteiger charge is -2.21. The van der Waals surface area contributed by atoms with Crippen LogP contribution >= 0.6 is 0 Å². The topological polar surface area (TPSA) is 74.8 Å². The highest BCUT2D eigenvalue weighted by Crippen LogP contribution is 2.39. The van der Waals surface area contributed by atoms with Crippen molar-refractivity contribution in [1.29, 1.82) is 0 Å². The number of hydrogen-bond donors (Lipinski definition) is 3. The Balaban J connectivity index is 0.000000435. The van der Waals surface area contributed by atoms with E-state index < -0.39 is 0 Å². The molecular weight excluding hydrogens is 406 g/mol. The molecule has 1 heterocycles. The van der Waals surface area contributed by atoms with Crippen LogP contribution in [0, 0.1) is 12.8 Å². The van der Waals surface area contributed by atoms with Crippen molar-refractivity contribution < 1.29 is 2.85 Å². The number of dihydropyridines is 1. The fourth-order valence-corrected chi connectivity index (χ4v) is 4.08. The molecule has 5 heteroatoms. The van der Waals surface area contributed by atoms with Gasteiger partial charge in [-0.25, -0.2) is 0 Å². The molecule has 0 saturated heterocycles. The minimum absolute atomic E-state index is 0. The van der Waals surface area contributed by atoms with Crippen LogP contribution in [0.2, 0.25) is 0 Å². The van der Waals surface area contributed by atoms with Crippen LogP contribution in [0.5, 0.6) is 0 Å². The Morgan fingerprint density at radius 3 is 2.70 bits per heavy atom. The van der Waals surface area contributed by atoms with Crippen LogP contribution in [0.1, 0.15) is 58.2 Å². The molecule has 0 radical (unpaired) electrons. The number of nitrogens with zero attached hydrogens (tertiary/aromatic N) is 2. The molecule has 1 fully saturated rings. The monoisotopic (exact) mass is 447 g/mol. The highest BCUT2D eigenvalue weighted by molar-refractivity contribution is 5.88. The van der Waals surface area contributed by atoms with Gasteiger partial charge in [-0.15, -0.1) is 0 Å². The molecule has 1 saturated carbocycles. The first-order chi connectivity index (χ1) is 15.9. The van der Waals surface area contributed by atoms with Crippen molar-refractivity contribution >= 4 is 24.2 Å². The van der Waals surface area contributed by atoms with E-state index in [-0.39, 0.29) is 2.85 Å². The molecular formula is C28H41N5. The molecule has 4 N–H and O–H groups in total. The minimum Gasteiger partial charge on any atom is -0.404 e. The standard InChI is InChI=1S/C20H23N3.C8H14N2.2H2/c1-13(2)23-20-18-7-5-6-15(18)10-14(3)19(20)16-8-9-17(12-21-4)22-11-16;1-7(4-9)5-10-6-8-2-3-8;;/h8-12,22-23H,1,4-7H2,2-3H3;4-5,8H,2-3,6,9H2,1H3;2*1H/b17-12-;7-4-,10-5?;;. The average molecular weight is 448 g/mol.